The molecule has 0 unspecified atom stereocenters. The maximum atomic E-state index is 12.2. The smallest absolute Gasteiger partial charge is 0.266 e. The van der Waals surface area contributed by atoms with Crippen LogP contribution in [0.3, 0.4) is 0 Å². The molecule has 108 valence electrons. The quantitative estimate of drug-likeness (QED) is 0.672. The van der Waals surface area contributed by atoms with Crippen molar-refractivity contribution in [2.24, 2.45) is 0 Å². The molecule has 1 rings (SSSR count). The van der Waals surface area contributed by atoms with E-state index in [1.165, 1.54) is 4.53 Å². The molecule has 0 aliphatic heterocycles. The van der Waals surface area contributed by atoms with Crippen LogP contribution >= 0.6 is 24.2 Å². The van der Waals surface area contributed by atoms with Gasteiger partial charge in [-0.05, 0) is 38.3 Å². The van der Waals surface area contributed by atoms with Crippen molar-refractivity contribution < 1.29 is 4.79 Å². The molecule has 19 heavy (non-hydrogen) atoms. The van der Waals surface area contributed by atoms with Crippen molar-refractivity contribution in [1.29, 1.82) is 0 Å². The van der Waals surface area contributed by atoms with Gasteiger partial charge in [0.25, 0.3) is 5.91 Å². The van der Waals surface area contributed by atoms with Crippen molar-refractivity contribution in [2.45, 2.75) is 46.1 Å². The number of nitrogens with one attached hydrogen (secondary N) is 1. The number of carbonyl (C=O) groups is 1. The largest absolute Gasteiger partial charge is 0.270 e. The lowest BCUT2D eigenvalue weighted by Crippen LogP contribution is -2.46. The van der Waals surface area contributed by atoms with Gasteiger partial charge in [0, 0.05) is 22.9 Å². The van der Waals surface area contributed by atoms with Crippen LogP contribution < -0.4 is 5.43 Å². The van der Waals surface area contributed by atoms with Crippen molar-refractivity contribution >= 4 is 30.1 Å². The molecule has 1 aromatic carbocycles. The first-order chi connectivity index (χ1) is 8.23. The molecule has 0 radical (unpaired) electrons. The van der Waals surface area contributed by atoms with Crippen LogP contribution in [0.25, 0.3) is 0 Å². The van der Waals surface area contributed by atoms with Crippen molar-refractivity contribution in [2.75, 3.05) is 0 Å². The summed E-state index contributed by atoms with van der Waals surface area (Å²) in [6, 6.07) is 7.58. The van der Waals surface area contributed by atoms with Crippen LogP contribution in [-0.2, 0) is 0 Å². The summed E-state index contributed by atoms with van der Waals surface area (Å²) >= 11 is 6.03. The van der Waals surface area contributed by atoms with Crippen LogP contribution in [0.5, 0.6) is 0 Å². The fourth-order valence-corrected chi connectivity index (χ4v) is 1.60. The zero-order valence-corrected chi connectivity index (χ0v) is 13.6. The standard InChI is InChI=1S/C14H21ClN2O.ClH/c1-10(2)11-8-6-7-9-12(11)13(18)16-17(15)14(3,4)5;/h6-10H,1-5H3,(H,16,18);1H. The molecular formula is C14H22Cl2N2O. The lowest BCUT2D eigenvalue weighted by atomic mass is 9.97. The molecule has 1 aromatic rings. The highest BCUT2D eigenvalue weighted by Gasteiger charge is 2.23. The molecule has 1 N–H and O–H groups in total. The summed E-state index contributed by atoms with van der Waals surface area (Å²) in [7, 11) is 0. The molecule has 5 heteroatoms. The highest BCUT2D eigenvalue weighted by atomic mass is 35.5. The first-order valence-corrected chi connectivity index (χ1v) is 6.43. The molecule has 0 atom stereocenters. The van der Waals surface area contributed by atoms with E-state index in [2.05, 4.69) is 19.3 Å². The normalized spacial score (nSPS) is 11.4. The molecular weight excluding hydrogens is 283 g/mol. The van der Waals surface area contributed by atoms with E-state index in [-0.39, 0.29) is 23.9 Å². The van der Waals surface area contributed by atoms with Crippen molar-refractivity contribution in [1.82, 2.24) is 9.95 Å². The van der Waals surface area contributed by atoms with Gasteiger partial charge in [-0.2, -0.15) is 0 Å². The monoisotopic (exact) mass is 304 g/mol. The minimum Gasteiger partial charge on any atom is -0.270 e. The molecule has 0 aromatic heterocycles. The zero-order chi connectivity index (χ0) is 13.9. The number of hydrogen-bond acceptors (Lipinski definition) is 2. The summed E-state index contributed by atoms with van der Waals surface area (Å²) in [4.78, 5) is 12.2. The van der Waals surface area contributed by atoms with E-state index >= 15 is 0 Å². The van der Waals surface area contributed by atoms with E-state index in [9.17, 15) is 4.79 Å². The van der Waals surface area contributed by atoms with Crippen LogP contribution in [0.15, 0.2) is 24.3 Å². The van der Waals surface area contributed by atoms with Gasteiger partial charge in [-0.15, -0.1) is 16.9 Å². The average molecular weight is 305 g/mol. The lowest BCUT2D eigenvalue weighted by molar-refractivity contribution is 0.0804. The number of nitrogens with zero attached hydrogens (tertiary/aromatic N) is 1. The van der Waals surface area contributed by atoms with Crippen LogP contribution in [0.1, 0.15) is 56.5 Å². The van der Waals surface area contributed by atoms with E-state index in [1.54, 1.807) is 0 Å². The first-order valence-electron chi connectivity index (χ1n) is 6.09. The van der Waals surface area contributed by atoms with Crippen LogP contribution in [0, 0.1) is 0 Å². The Morgan fingerprint density at radius 2 is 1.79 bits per heavy atom. The predicted octanol–water partition coefficient (Wildman–Crippen LogP) is 4.13. The Morgan fingerprint density at radius 3 is 2.26 bits per heavy atom. The zero-order valence-electron chi connectivity index (χ0n) is 12.0. The minimum absolute atomic E-state index is 0. The third kappa shape index (κ3) is 5.01. The number of halogens is 2. The molecule has 0 heterocycles. The SMILES string of the molecule is CC(C)c1ccccc1C(=O)NN(Cl)C(C)(C)C.Cl. The maximum Gasteiger partial charge on any atom is 0.266 e. The Hall–Kier alpha value is -0.770. The van der Waals surface area contributed by atoms with Gasteiger partial charge >= 0.3 is 0 Å². The number of hydrogen-bond donors (Lipinski definition) is 1. The van der Waals surface area contributed by atoms with Gasteiger partial charge in [0.15, 0.2) is 0 Å². The van der Waals surface area contributed by atoms with E-state index in [0.29, 0.717) is 11.5 Å². The second-order valence-corrected chi connectivity index (χ2v) is 5.97. The van der Waals surface area contributed by atoms with Gasteiger partial charge in [0.1, 0.15) is 0 Å². The summed E-state index contributed by atoms with van der Waals surface area (Å²) in [5.41, 5.74) is 4.05. The molecule has 0 bridgehead atoms. The molecule has 0 aliphatic carbocycles. The second-order valence-electron chi connectivity index (χ2n) is 5.63. The van der Waals surface area contributed by atoms with Crippen molar-refractivity contribution in [3.8, 4) is 0 Å². The van der Waals surface area contributed by atoms with Gasteiger partial charge in [-0.3, -0.25) is 10.2 Å². The molecule has 0 aliphatic rings. The van der Waals surface area contributed by atoms with Gasteiger partial charge in [0.2, 0.25) is 0 Å². The predicted molar refractivity (Wildman–Crippen MR) is 82.7 cm³/mol. The van der Waals surface area contributed by atoms with E-state index in [0.717, 1.165) is 5.56 Å². The Morgan fingerprint density at radius 1 is 1.26 bits per heavy atom. The molecule has 0 spiro atoms. The first kappa shape index (κ1) is 18.2. The fraction of sp³-hybridized carbons (Fsp3) is 0.500. The minimum atomic E-state index is -0.329. The number of amides is 1. The molecule has 3 nitrogen and oxygen atoms in total. The lowest BCUT2D eigenvalue weighted by Gasteiger charge is -2.29. The molecule has 0 fully saturated rings. The molecule has 1 amide bonds. The van der Waals surface area contributed by atoms with Gasteiger partial charge in [0.05, 0.1) is 0 Å². The summed E-state index contributed by atoms with van der Waals surface area (Å²) in [5, 5.41) is 0. The second kappa shape index (κ2) is 7.13. The highest BCUT2D eigenvalue weighted by Crippen LogP contribution is 2.20. The van der Waals surface area contributed by atoms with Gasteiger partial charge in [-0.25, -0.2) is 0 Å². The Kier molecular flexibility index (Phi) is 6.84. The Bertz CT molecular complexity index is 428. The van der Waals surface area contributed by atoms with E-state index in [1.807, 2.05) is 45.0 Å². The Balaban J connectivity index is 0.00000324. The number of hydrazine groups is 1. The van der Waals surface area contributed by atoms with E-state index < -0.39 is 0 Å². The van der Waals surface area contributed by atoms with Crippen molar-refractivity contribution in [3.63, 3.8) is 0 Å². The number of rotatable bonds is 3. The molecule has 0 saturated heterocycles. The van der Waals surface area contributed by atoms with Gasteiger partial charge in [-0.1, -0.05) is 32.0 Å². The third-order valence-corrected chi connectivity index (χ3v) is 3.21. The van der Waals surface area contributed by atoms with E-state index in [4.69, 9.17) is 11.8 Å². The van der Waals surface area contributed by atoms with Gasteiger partial charge < -0.3 is 0 Å². The maximum absolute atomic E-state index is 12.2. The highest BCUT2D eigenvalue weighted by molar-refractivity contribution is 6.14. The summed E-state index contributed by atoms with van der Waals surface area (Å²) < 4.78 is 1.31. The summed E-state index contributed by atoms with van der Waals surface area (Å²) in [6.07, 6.45) is 0. The van der Waals surface area contributed by atoms with Crippen molar-refractivity contribution in [3.05, 3.63) is 35.4 Å². The fourth-order valence-electron chi connectivity index (χ4n) is 1.52. The average Bonchev–Trinajstić information content (AvgIpc) is 2.27. The Labute approximate surface area is 126 Å². The van der Waals surface area contributed by atoms with Crippen LogP contribution in [0.4, 0.5) is 0 Å². The van der Waals surface area contributed by atoms with Crippen LogP contribution in [-0.4, -0.2) is 16.0 Å². The summed E-state index contributed by atoms with van der Waals surface area (Å²) in [5.74, 6) is 0.120. The number of benzene rings is 1. The number of carbonyl (C=O) groups excluding carboxylic acids is 1. The topological polar surface area (TPSA) is 32.3 Å². The molecule has 0 saturated carbocycles. The summed E-state index contributed by atoms with van der Waals surface area (Å²) in [6.45, 7) is 9.90. The van der Waals surface area contributed by atoms with Crippen LogP contribution in [0.2, 0.25) is 0 Å². The third-order valence-electron chi connectivity index (χ3n) is 2.62.